The summed E-state index contributed by atoms with van der Waals surface area (Å²) in [6.45, 7) is 0.308. The monoisotopic (exact) mass is 558 g/mol. The smallest absolute Gasteiger partial charge is 0.412 e. The first-order valence-electron chi connectivity index (χ1n) is 12.7. The largest absolute Gasteiger partial charge is 0.453 e. The molecular formula is C27H28ClFN4O6. The Balaban J connectivity index is 1.35. The van der Waals surface area contributed by atoms with Crippen LogP contribution in [0.5, 0.6) is 0 Å². The number of benzene rings is 2. The molecule has 2 aliphatic heterocycles. The minimum absolute atomic E-state index is 0.0611. The van der Waals surface area contributed by atoms with E-state index in [1.807, 2.05) is 0 Å². The van der Waals surface area contributed by atoms with E-state index in [4.69, 9.17) is 16.3 Å². The van der Waals surface area contributed by atoms with Gasteiger partial charge in [-0.25, -0.2) is 14.0 Å². The Morgan fingerprint density at radius 2 is 1.97 bits per heavy atom. The Hall–Kier alpha value is -3.86. The molecule has 12 heteroatoms. The quantitative estimate of drug-likeness (QED) is 0.474. The zero-order valence-electron chi connectivity index (χ0n) is 21.2. The van der Waals surface area contributed by atoms with Gasteiger partial charge in [0.1, 0.15) is 6.04 Å². The molecular weight excluding hydrogens is 531 g/mol. The lowest BCUT2D eigenvalue weighted by Gasteiger charge is -2.45. The van der Waals surface area contributed by atoms with Gasteiger partial charge in [-0.3, -0.25) is 20.2 Å². The number of hydrogen-bond acceptors (Lipinski definition) is 6. The number of hydrogen-bond donors (Lipinski definition) is 3. The molecule has 39 heavy (non-hydrogen) atoms. The molecule has 2 heterocycles. The number of likely N-dealkylation sites (tertiary alicyclic amines) is 1. The van der Waals surface area contributed by atoms with Gasteiger partial charge in [-0.15, -0.1) is 0 Å². The first kappa shape index (κ1) is 26.7. The highest BCUT2D eigenvalue weighted by molar-refractivity contribution is 6.31. The highest BCUT2D eigenvalue weighted by Gasteiger charge is 2.49. The number of nitrogens with zero attached hydrogens (tertiary/aromatic N) is 1. The van der Waals surface area contributed by atoms with E-state index in [0.29, 0.717) is 43.0 Å². The first-order valence-corrected chi connectivity index (χ1v) is 13.1. The van der Waals surface area contributed by atoms with E-state index in [-0.39, 0.29) is 28.7 Å². The lowest BCUT2D eigenvalue weighted by atomic mass is 9.82. The fourth-order valence-electron chi connectivity index (χ4n) is 5.21. The molecule has 1 spiro atoms. The fraction of sp³-hybridized carbons (Fsp3) is 0.407. The van der Waals surface area contributed by atoms with E-state index in [0.717, 1.165) is 12.8 Å². The van der Waals surface area contributed by atoms with Gasteiger partial charge in [0.05, 0.1) is 29.9 Å². The van der Waals surface area contributed by atoms with Gasteiger partial charge in [0.2, 0.25) is 5.91 Å². The molecule has 1 saturated carbocycles. The first-order chi connectivity index (χ1) is 18.7. The zero-order valence-corrected chi connectivity index (χ0v) is 22.0. The number of piperidine rings is 1. The van der Waals surface area contributed by atoms with Gasteiger partial charge in [-0.05, 0) is 61.6 Å². The van der Waals surface area contributed by atoms with Crippen molar-refractivity contribution in [3.8, 4) is 0 Å². The number of rotatable bonds is 6. The normalized spacial score (nSPS) is 20.8. The van der Waals surface area contributed by atoms with Crippen molar-refractivity contribution in [1.82, 2.24) is 10.2 Å². The van der Waals surface area contributed by atoms with Crippen LogP contribution in [0.25, 0.3) is 0 Å². The van der Waals surface area contributed by atoms with E-state index >= 15 is 4.39 Å². The maximum atomic E-state index is 15.2. The second kappa shape index (κ2) is 10.7. The molecule has 1 aliphatic carbocycles. The molecule has 2 atom stereocenters. The van der Waals surface area contributed by atoms with Crippen molar-refractivity contribution < 1.29 is 33.0 Å². The number of fused-ring (bicyclic) bond motifs is 2. The highest BCUT2D eigenvalue weighted by Crippen LogP contribution is 2.45. The van der Waals surface area contributed by atoms with Crippen molar-refractivity contribution in [2.45, 2.75) is 43.7 Å². The molecule has 10 nitrogen and oxygen atoms in total. The Bertz CT molecular complexity index is 1320. The summed E-state index contributed by atoms with van der Waals surface area (Å²) >= 11 is 6.06. The summed E-state index contributed by atoms with van der Waals surface area (Å²) in [4.78, 5) is 52.2. The highest BCUT2D eigenvalue weighted by atomic mass is 35.5. The summed E-state index contributed by atoms with van der Waals surface area (Å²) in [5, 5.41) is 7.77. The summed E-state index contributed by atoms with van der Waals surface area (Å²) in [6.07, 6.45) is 1.82. The molecule has 0 bridgehead atoms. The molecule has 206 valence electrons. The number of carbonyl (C=O) groups is 4. The van der Waals surface area contributed by atoms with Crippen LogP contribution in [0.15, 0.2) is 36.4 Å². The van der Waals surface area contributed by atoms with E-state index in [1.165, 1.54) is 36.3 Å². The number of ether oxygens (including phenoxy) is 2. The molecule has 4 amide bonds. The molecule has 3 N–H and O–H groups in total. The van der Waals surface area contributed by atoms with Crippen LogP contribution in [-0.2, 0) is 19.9 Å². The fourth-order valence-corrected chi connectivity index (χ4v) is 5.36. The average molecular weight is 559 g/mol. The van der Waals surface area contributed by atoms with Crippen LogP contribution in [0.2, 0.25) is 5.02 Å². The van der Waals surface area contributed by atoms with E-state index in [2.05, 4.69) is 20.7 Å². The van der Waals surface area contributed by atoms with E-state index < -0.39 is 35.6 Å². The van der Waals surface area contributed by atoms with Gasteiger partial charge in [0.15, 0.2) is 11.4 Å². The minimum atomic E-state index is -1.39. The molecule has 1 saturated heterocycles. The predicted molar refractivity (Wildman–Crippen MR) is 140 cm³/mol. The number of carbonyl (C=O) groups excluding carboxylic acids is 4. The van der Waals surface area contributed by atoms with Crippen LogP contribution in [0.3, 0.4) is 0 Å². The van der Waals surface area contributed by atoms with Crippen LogP contribution in [0.1, 0.15) is 48.0 Å². The van der Waals surface area contributed by atoms with Crippen molar-refractivity contribution in [3.63, 3.8) is 0 Å². The van der Waals surface area contributed by atoms with Crippen molar-refractivity contribution in [2.75, 3.05) is 30.8 Å². The standard InChI is InChI=1S/C27H28ClFN4O6/c1-38-25(36)30-17-7-5-16(6-8-17)23(34)31-20(13-15-3-4-15)24(35)33-12-2-11-27(14-33)21-19(32-26(37)39-27)10-9-18(28)22(21)29/h5-10,15,20H,2-4,11-14H2,1H3,(H,30,36)(H,31,34)(H,32,37)/t20-,27-/m0/s1. The topological polar surface area (TPSA) is 126 Å². The summed E-state index contributed by atoms with van der Waals surface area (Å²) in [5.74, 6) is -1.14. The van der Waals surface area contributed by atoms with Gasteiger partial charge in [0.25, 0.3) is 5.91 Å². The van der Waals surface area contributed by atoms with Crippen molar-refractivity contribution in [3.05, 3.63) is 58.4 Å². The summed E-state index contributed by atoms with van der Waals surface area (Å²) in [6, 6.07) is 8.25. The average Bonchev–Trinajstić information content (AvgIpc) is 3.74. The number of methoxy groups -OCH3 is 1. The lowest BCUT2D eigenvalue weighted by Crippen LogP contribution is -2.57. The van der Waals surface area contributed by atoms with Crippen molar-refractivity contribution >= 4 is 47.0 Å². The molecule has 2 aromatic rings. The second-order valence-corrected chi connectivity index (χ2v) is 10.5. The predicted octanol–water partition coefficient (Wildman–Crippen LogP) is 4.64. The number of nitrogens with one attached hydrogen (secondary N) is 3. The van der Waals surface area contributed by atoms with Gasteiger partial charge in [0, 0.05) is 17.8 Å². The lowest BCUT2D eigenvalue weighted by molar-refractivity contribution is -0.141. The third-order valence-electron chi connectivity index (χ3n) is 7.29. The van der Waals surface area contributed by atoms with Crippen LogP contribution >= 0.6 is 11.6 Å². The number of anilines is 2. The third-order valence-corrected chi connectivity index (χ3v) is 7.58. The van der Waals surface area contributed by atoms with Gasteiger partial charge in [-0.1, -0.05) is 24.4 Å². The Kier molecular flexibility index (Phi) is 7.35. The molecule has 0 radical (unpaired) electrons. The van der Waals surface area contributed by atoms with Crippen LogP contribution < -0.4 is 16.0 Å². The Morgan fingerprint density at radius 3 is 2.67 bits per heavy atom. The minimum Gasteiger partial charge on any atom is -0.453 e. The number of halogens is 2. The molecule has 0 aromatic heterocycles. The summed E-state index contributed by atoms with van der Waals surface area (Å²) in [5.41, 5.74) is -0.248. The molecule has 2 fully saturated rings. The zero-order chi connectivity index (χ0) is 27.7. The molecule has 5 rings (SSSR count). The third kappa shape index (κ3) is 5.63. The van der Waals surface area contributed by atoms with E-state index in [1.54, 1.807) is 12.1 Å². The second-order valence-electron chi connectivity index (χ2n) is 10.1. The number of amides is 4. The Labute approximate surface area is 229 Å². The molecule has 2 aromatic carbocycles. The van der Waals surface area contributed by atoms with Crippen LogP contribution in [0, 0.1) is 11.7 Å². The van der Waals surface area contributed by atoms with Gasteiger partial charge in [-0.2, -0.15) is 0 Å². The van der Waals surface area contributed by atoms with Crippen molar-refractivity contribution in [1.29, 1.82) is 0 Å². The van der Waals surface area contributed by atoms with Crippen molar-refractivity contribution in [2.24, 2.45) is 5.92 Å². The Morgan fingerprint density at radius 1 is 1.23 bits per heavy atom. The summed E-state index contributed by atoms with van der Waals surface area (Å²) in [7, 11) is 1.25. The summed E-state index contributed by atoms with van der Waals surface area (Å²) < 4.78 is 25.5. The van der Waals surface area contributed by atoms with Crippen LogP contribution in [-0.4, -0.2) is 55.1 Å². The maximum Gasteiger partial charge on any atom is 0.412 e. The SMILES string of the molecule is COC(=O)Nc1ccc(C(=O)N[C@@H](CC2CC2)C(=O)N2CCC[C@@]3(C2)OC(=O)Nc2ccc(Cl)c(F)c23)cc1. The van der Waals surface area contributed by atoms with Gasteiger partial charge >= 0.3 is 12.2 Å². The van der Waals surface area contributed by atoms with Crippen LogP contribution in [0.4, 0.5) is 25.4 Å². The van der Waals surface area contributed by atoms with Gasteiger partial charge < -0.3 is 19.7 Å². The molecule has 0 unspecified atom stereocenters. The molecule has 3 aliphatic rings. The maximum absolute atomic E-state index is 15.2. The van der Waals surface area contributed by atoms with E-state index in [9.17, 15) is 19.2 Å².